The zero-order valence-corrected chi connectivity index (χ0v) is 19.1. The van der Waals surface area contributed by atoms with Crippen molar-refractivity contribution in [2.24, 2.45) is 0 Å². The Morgan fingerprint density at radius 3 is 2.39 bits per heavy atom. The van der Waals surface area contributed by atoms with Gasteiger partial charge in [0.2, 0.25) is 0 Å². The fourth-order valence-corrected chi connectivity index (χ4v) is 6.26. The van der Waals surface area contributed by atoms with Crippen molar-refractivity contribution in [1.29, 1.82) is 0 Å². The number of hydrogen-bond donors (Lipinski definition) is 2. The Hall–Kier alpha value is -3.16. The number of para-hydroxylation sites is 1. The smallest absolute Gasteiger partial charge is 0.265 e. The van der Waals surface area contributed by atoms with Gasteiger partial charge in [-0.1, -0.05) is 48.9 Å². The summed E-state index contributed by atoms with van der Waals surface area (Å²) in [6, 6.07) is 19.0. The molecule has 1 fully saturated rings. The lowest BCUT2D eigenvalue weighted by Gasteiger charge is -2.38. The summed E-state index contributed by atoms with van der Waals surface area (Å²) in [5.41, 5.74) is 2.66. The average molecular weight is 464 g/mol. The van der Waals surface area contributed by atoms with Gasteiger partial charge in [-0.15, -0.1) is 0 Å². The third-order valence-corrected chi connectivity index (χ3v) is 8.32. The van der Waals surface area contributed by atoms with Crippen LogP contribution in [0.4, 0.5) is 5.69 Å². The quantitative estimate of drug-likeness (QED) is 0.574. The van der Waals surface area contributed by atoms with E-state index in [-0.39, 0.29) is 22.8 Å². The summed E-state index contributed by atoms with van der Waals surface area (Å²) in [5.74, 6) is 0.386. The molecule has 3 aromatic rings. The normalized spacial score (nSPS) is 17.3. The van der Waals surface area contributed by atoms with Crippen LogP contribution in [-0.4, -0.2) is 26.4 Å². The van der Waals surface area contributed by atoms with Gasteiger partial charge in [0.15, 0.2) is 0 Å². The highest BCUT2D eigenvalue weighted by Gasteiger charge is 2.51. The van der Waals surface area contributed by atoms with E-state index < -0.39 is 21.5 Å². The summed E-state index contributed by atoms with van der Waals surface area (Å²) in [5, 5.41) is 11.2. The van der Waals surface area contributed by atoms with Crippen LogP contribution in [0.25, 0.3) is 0 Å². The second kappa shape index (κ2) is 8.01. The predicted octanol–water partition coefficient (Wildman–Crippen LogP) is 4.12. The molecule has 0 heterocycles. The van der Waals surface area contributed by atoms with E-state index in [4.69, 9.17) is 4.74 Å². The van der Waals surface area contributed by atoms with E-state index in [0.29, 0.717) is 16.8 Å². The number of Topliss-reactive ketones (excluding diaryl/α,β-unsaturated/α-hetero) is 1. The van der Waals surface area contributed by atoms with E-state index >= 15 is 0 Å². The Labute approximate surface area is 193 Å². The molecule has 33 heavy (non-hydrogen) atoms. The summed E-state index contributed by atoms with van der Waals surface area (Å²) in [7, 11) is -2.54. The molecular formula is C26H25NO5S. The molecule has 1 spiro atoms. The molecule has 1 unspecified atom stereocenters. The number of methoxy groups -OCH3 is 1. The van der Waals surface area contributed by atoms with Crippen LogP contribution in [0.1, 0.15) is 47.6 Å². The molecule has 7 heteroatoms. The molecule has 3 aromatic carbocycles. The van der Waals surface area contributed by atoms with Crippen molar-refractivity contribution in [2.45, 2.75) is 42.1 Å². The number of carbonyl (C=O) groups is 1. The van der Waals surface area contributed by atoms with Crippen molar-refractivity contribution in [2.75, 3.05) is 11.8 Å². The first-order chi connectivity index (χ1) is 15.9. The molecular weight excluding hydrogens is 438 g/mol. The Balaban J connectivity index is 1.63. The van der Waals surface area contributed by atoms with Gasteiger partial charge in [-0.25, -0.2) is 8.42 Å². The molecule has 0 aromatic heterocycles. The van der Waals surface area contributed by atoms with Gasteiger partial charge in [0.1, 0.15) is 22.5 Å². The molecule has 0 bridgehead atoms. The summed E-state index contributed by atoms with van der Waals surface area (Å²) in [6.45, 7) is 0. The molecule has 2 aliphatic rings. The van der Waals surface area contributed by atoms with Crippen LogP contribution in [0.2, 0.25) is 0 Å². The lowest BCUT2D eigenvalue weighted by molar-refractivity contribution is -0.125. The van der Waals surface area contributed by atoms with Crippen molar-refractivity contribution in [3.05, 3.63) is 89.0 Å². The predicted molar refractivity (Wildman–Crippen MR) is 125 cm³/mol. The number of ketones is 1. The number of ether oxygens (including phenoxy) is 1. The van der Waals surface area contributed by atoms with Crippen molar-refractivity contribution < 1.29 is 23.1 Å². The molecule has 1 atom stereocenters. The van der Waals surface area contributed by atoms with E-state index in [1.54, 1.807) is 30.3 Å². The first-order valence-corrected chi connectivity index (χ1v) is 12.4. The second-order valence-corrected chi connectivity index (χ2v) is 10.3. The molecule has 0 amide bonds. The van der Waals surface area contributed by atoms with Gasteiger partial charge >= 0.3 is 0 Å². The number of benzene rings is 3. The van der Waals surface area contributed by atoms with E-state index in [2.05, 4.69) is 4.72 Å². The van der Waals surface area contributed by atoms with Gasteiger partial charge in [0.05, 0.1) is 12.5 Å². The third kappa shape index (κ3) is 3.52. The van der Waals surface area contributed by atoms with Crippen LogP contribution in [-0.2, 0) is 26.7 Å². The monoisotopic (exact) mass is 463 g/mol. The van der Waals surface area contributed by atoms with Crippen molar-refractivity contribution in [3.8, 4) is 5.75 Å². The number of aliphatic hydroxyl groups excluding tert-OH is 1. The van der Waals surface area contributed by atoms with Crippen molar-refractivity contribution in [1.82, 2.24) is 0 Å². The number of rotatable bonds is 6. The number of anilines is 1. The van der Waals surface area contributed by atoms with Gasteiger partial charge in [-0.2, -0.15) is 0 Å². The number of sulfonamides is 1. The van der Waals surface area contributed by atoms with Gasteiger partial charge in [0, 0.05) is 12.1 Å². The number of aliphatic hydroxyl groups is 1. The standard InChI is InChI=1S/C26H25NO5S/c1-32-22-10-5-6-11-23(22)33(30,31)27-18-14-20(25(29)17-8-3-2-4-9-17)19-16-24(28)26(12-7-13-26)21(19)15-18/h2-6,8-11,14-15,25,27,29H,7,12-13,16H2,1H3. The van der Waals surface area contributed by atoms with E-state index in [9.17, 15) is 18.3 Å². The number of carbonyl (C=O) groups excluding carboxylic acids is 1. The van der Waals surface area contributed by atoms with Crippen LogP contribution in [0, 0.1) is 0 Å². The van der Waals surface area contributed by atoms with Crippen molar-refractivity contribution >= 4 is 21.5 Å². The van der Waals surface area contributed by atoms with E-state index in [1.165, 1.54) is 13.2 Å². The highest BCUT2D eigenvalue weighted by atomic mass is 32.2. The number of nitrogens with one attached hydrogen (secondary N) is 1. The van der Waals surface area contributed by atoms with Crippen LogP contribution in [0.3, 0.4) is 0 Å². The second-order valence-electron chi connectivity index (χ2n) is 8.70. The van der Waals surface area contributed by atoms with Gasteiger partial charge in [0.25, 0.3) is 10.0 Å². The minimum absolute atomic E-state index is 0.0209. The summed E-state index contributed by atoms with van der Waals surface area (Å²) >= 11 is 0. The molecule has 2 aliphatic carbocycles. The Morgan fingerprint density at radius 2 is 1.73 bits per heavy atom. The van der Waals surface area contributed by atoms with E-state index in [1.807, 2.05) is 30.3 Å². The first kappa shape index (κ1) is 21.7. The minimum atomic E-state index is -3.96. The highest BCUT2D eigenvalue weighted by Crippen LogP contribution is 2.52. The van der Waals surface area contributed by atoms with E-state index in [0.717, 1.165) is 30.4 Å². The molecule has 5 rings (SSSR count). The molecule has 0 aliphatic heterocycles. The maximum atomic E-state index is 13.2. The fourth-order valence-electron chi connectivity index (χ4n) is 5.05. The summed E-state index contributed by atoms with van der Waals surface area (Å²) in [4.78, 5) is 13.0. The summed E-state index contributed by atoms with van der Waals surface area (Å²) in [6.07, 6.45) is 1.75. The lowest BCUT2D eigenvalue weighted by Crippen LogP contribution is -2.39. The largest absolute Gasteiger partial charge is 0.495 e. The maximum absolute atomic E-state index is 13.2. The Bertz CT molecular complexity index is 1330. The molecule has 2 N–H and O–H groups in total. The molecule has 0 radical (unpaired) electrons. The molecule has 6 nitrogen and oxygen atoms in total. The van der Waals surface area contributed by atoms with Crippen molar-refractivity contribution in [3.63, 3.8) is 0 Å². The van der Waals surface area contributed by atoms with Gasteiger partial charge < -0.3 is 9.84 Å². The number of hydrogen-bond acceptors (Lipinski definition) is 5. The fraction of sp³-hybridized carbons (Fsp3) is 0.269. The van der Waals surface area contributed by atoms with Gasteiger partial charge in [-0.3, -0.25) is 9.52 Å². The van der Waals surface area contributed by atoms with Gasteiger partial charge in [-0.05, 0) is 59.4 Å². The minimum Gasteiger partial charge on any atom is -0.495 e. The first-order valence-electron chi connectivity index (χ1n) is 11.0. The molecule has 170 valence electrons. The molecule has 0 saturated heterocycles. The Kier molecular flexibility index (Phi) is 5.26. The third-order valence-electron chi connectivity index (χ3n) is 6.90. The molecule has 1 saturated carbocycles. The maximum Gasteiger partial charge on any atom is 0.265 e. The van der Waals surface area contributed by atoms with Crippen LogP contribution < -0.4 is 9.46 Å². The zero-order valence-electron chi connectivity index (χ0n) is 18.2. The topological polar surface area (TPSA) is 92.7 Å². The summed E-state index contributed by atoms with van der Waals surface area (Å²) < 4.78 is 34.3. The number of fused-ring (bicyclic) bond motifs is 2. The van der Waals surface area contributed by atoms with Crippen LogP contribution >= 0.6 is 0 Å². The zero-order chi connectivity index (χ0) is 23.2. The lowest BCUT2D eigenvalue weighted by atomic mass is 9.64. The average Bonchev–Trinajstić information content (AvgIpc) is 3.10. The SMILES string of the molecule is COc1ccccc1S(=O)(=O)Nc1cc(C(O)c2ccccc2)c2c(c1)C1(CCC1)C(=O)C2. The highest BCUT2D eigenvalue weighted by molar-refractivity contribution is 7.92. The van der Waals surface area contributed by atoms with Crippen LogP contribution in [0.5, 0.6) is 5.75 Å². The Morgan fingerprint density at radius 1 is 1.03 bits per heavy atom. The van der Waals surface area contributed by atoms with Crippen LogP contribution in [0.15, 0.2) is 71.6 Å².